The summed E-state index contributed by atoms with van der Waals surface area (Å²) in [7, 11) is 0. The van der Waals surface area contributed by atoms with Crippen molar-refractivity contribution in [2.75, 3.05) is 0 Å². The molecule has 0 aliphatic heterocycles. The molecular formula is C14H18OS. The van der Waals surface area contributed by atoms with Crippen LogP contribution in [0.15, 0.2) is 30.3 Å². The van der Waals surface area contributed by atoms with Crippen LogP contribution in [-0.2, 0) is 0 Å². The van der Waals surface area contributed by atoms with Crippen molar-refractivity contribution in [2.24, 2.45) is 0 Å². The highest BCUT2D eigenvalue weighted by molar-refractivity contribution is 7.15. The van der Waals surface area contributed by atoms with Gasteiger partial charge >= 0.3 is 0 Å². The van der Waals surface area contributed by atoms with E-state index in [9.17, 15) is 5.11 Å². The van der Waals surface area contributed by atoms with Gasteiger partial charge in [-0.25, -0.2) is 0 Å². The topological polar surface area (TPSA) is 20.2 Å². The van der Waals surface area contributed by atoms with Crippen LogP contribution in [0.25, 0.3) is 10.4 Å². The summed E-state index contributed by atoms with van der Waals surface area (Å²) in [6, 6.07) is 9.95. The number of hydrogen-bond acceptors (Lipinski definition) is 2. The lowest BCUT2D eigenvalue weighted by Gasteiger charge is -2.01. The fourth-order valence-corrected chi connectivity index (χ4v) is 2.26. The summed E-state index contributed by atoms with van der Waals surface area (Å²) >= 11 is 1.77. The van der Waals surface area contributed by atoms with Crippen molar-refractivity contribution >= 4 is 11.3 Å². The highest BCUT2D eigenvalue weighted by Crippen LogP contribution is 2.30. The molecule has 1 N–H and O–H groups in total. The van der Waals surface area contributed by atoms with E-state index in [1.807, 2.05) is 32.9 Å². The summed E-state index contributed by atoms with van der Waals surface area (Å²) in [4.78, 5) is 2.57. The van der Waals surface area contributed by atoms with Gasteiger partial charge < -0.3 is 5.11 Å². The SMILES string of the molecule is CC.Cc1ccc(-c2ccc(O)c(C)c2)s1. The summed E-state index contributed by atoms with van der Waals surface area (Å²) < 4.78 is 0. The van der Waals surface area contributed by atoms with Crippen molar-refractivity contribution in [3.05, 3.63) is 40.8 Å². The van der Waals surface area contributed by atoms with E-state index >= 15 is 0 Å². The Labute approximate surface area is 101 Å². The zero-order valence-corrected chi connectivity index (χ0v) is 11.1. The molecule has 2 aromatic rings. The minimum absolute atomic E-state index is 0.363. The summed E-state index contributed by atoms with van der Waals surface area (Å²) in [5.41, 5.74) is 2.10. The molecule has 1 aromatic heterocycles. The molecule has 86 valence electrons. The molecule has 0 unspecified atom stereocenters. The molecule has 2 heteroatoms. The average molecular weight is 234 g/mol. The van der Waals surface area contributed by atoms with E-state index in [4.69, 9.17) is 0 Å². The van der Waals surface area contributed by atoms with E-state index in [-0.39, 0.29) is 0 Å². The Balaban J connectivity index is 0.000000606. The molecule has 1 nitrogen and oxygen atoms in total. The van der Waals surface area contributed by atoms with Crippen molar-refractivity contribution < 1.29 is 5.11 Å². The molecule has 0 bridgehead atoms. The number of phenolic OH excluding ortho intramolecular Hbond substituents is 1. The molecule has 16 heavy (non-hydrogen) atoms. The van der Waals surface area contributed by atoms with Crippen molar-refractivity contribution in [1.29, 1.82) is 0 Å². The first-order valence-electron chi connectivity index (χ1n) is 5.53. The number of phenols is 1. The first kappa shape index (κ1) is 12.8. The third-order valence-electron chi connectivity index (χ3n) is 2.22. The standard InChI is InChI=1S/C12H12OS.C2H6/c1-8-7-10(4-5-11(8)13)12-6-3-9(2)14-12;1-2/h3-7,13H,1-2H3;1-2H3. The van der Waals surface area contributed by atoms with Crippen molar-refractivity contribution in [3.8, 4) is 16.2 Å². The van der Waals surface area contributed by atoms with E-state index < -0.39 is 0 Å². The number of thiophene rings is 1. The first-order chi connectivity index (χ1) is 7.66. The monoisotopic (exact) mass is 234 g/mol. The van der Waals surface area contributed by atoms with Crippen LogP contribution < -0.4 is 0 Å². The van der Waals surface area contributed by atoms with E-state index in [2.05, 4.69) is 19.1 Å². The third kappa shape index (κ3) is 2.86. The van der Waals surface area contributed by atoms with Gasteiger partial charge in [-0.2, -0.15) is 0 Å². The molecule has 0 aliphatic rings. The zero-order chi connectivity index (χ0) is 12.1. The maximum Gasteiger partial charge on any atom is 0.118 e. The summed E-state index contributed by atoms with van der Waals surface area (Å²) in [6.45, 7) is 8.01. The molecule has 0 spiro atoms. The molecule has 0 saturated heterocycles. The first-order valence-corrected chi connectivity index (χ1v) is 6.35. The van der Waals surface area contributed by atoms with Crippen LogP contribution in [0.3, 0.4) is 0 Å². The second-order valence-corrected chi connectivity index (χ2v) is 4.70. The lowest BCUT2D eigenvalue weighted by molar-refractivity contribution is 0.471. The molecule has 1 heterocycles. The van der Waals surface area contributed by atoms with Gasteiger partial charge in [-0.05, 0) is 55.3 Å². The zero-order valence-electron chi connectivity index (χ0n) is 10.2. The maximum absolute atomic E-state index is 9.40. The number of hydrogen-bond donors (Lipinski definition) is 1. The molecule has 0 fully saturated rings. The van der Waals surface area contributed by atoms with E-state index in [1.54, 1.807) is 17.4 Å². The second kappa shape index (κ2) is 5.71. The van der Waals surface area contributed by atoms with Gasteiger partial charge in [0, 0.05) is 9.75 Å². The minimum atomic E-state index is 0.363. The second-order valence-electron chi connectivity index (χ2n) is 3.41. The number of aryl methyl sites for hydroxylation is 2. The van der Waals surface area contributed by atoms with Gasteiger partial charge in [0.1, 0.15) is 5.75 Å². The Morgan fingerprint density at radius 3 is 2.19 bits per heavy atom. The van der Waals surface area contributed by atoms with Crippen LogP contribution in [0.2, 0.25) is 0 Å². The lowest BCUT2D eigenvalue weighted by Crippen LogP contribution is -1.76. The predicted molar refractivity (Wildman–Crippen MR) is 72.2 cm³/mol. The molecule has 0 atom stereocenters. The Morgan fingerprint density at radius 1 is 1.00 bits per heavy atom. The molecule has 2 rings (SSSR count). The minimum Gasteiger partial charge on any atom is -0.508 e. The Morgan fingerprint density at radius 2 is 1.69 bits per heavy atom. The highest BCUT2D eigenvalue weighted by atomic mass is 32.1. The fourth-order valence-electron chi connectivity index (χ4n) is 1.40. The van der Waals surface area contributed by atoms with E-state index in [0.717, 1.165) is 5.56 Å². The fraction of sp³-hybridized carbons (Fsp3) is 0.286. The Bertz CT molecular complexity index is 458. The van der Waals surface area contributed by atoms with Crippen LogP contribution in [0.4, 0.5) is 0 Å². The average Bonchev–Trinajstić information content (AvgIpc) is 2.72. The largest absolute Gasteiger partial charge is 0.508 e. The molecule has 0 aliphatic carbocycles. The maximum atomic E-state index is 9.40. The van der Waals surface area contributed by atoms with Gasteiger partial charge in [-0.3, -0.25) is 0 Å². The van der Waals surface area contributed by atoms with Gasteiger partial charge in [0.05, 0.1) is 0 Å². The van der Waals surface area contributed by atoms with Crippen molar-refractivity contribution in [3.63, 3.8) is 0 Å². The van der Waals surface area contributed by atoms with Crippen LogP contribution in [-0.4, -0.2) is 5.11 Å². The van der Waals surface area contributed by atoms with Gasteiger partial charge in [-0.1, -0.05) is 13.8 Å². The molecular weight excluding hydrogens is 216 g/mol. The van der Waals surface area contributed by atoms with Crippen LogP contribution in [0.1, 0.15) is 24.3 Å². The number of rotatable bonds is 1. The van der Waals surface area contributed by atoms with Crippen molar-refractivity contribution in [1.82, 2.24) is 0 Å². The quantitative estimate of drug-likeness (QED) is 0.754. The Kier molecular flexibility index (Phi) is 4.56. The van der Waals surface area contributed by atoms with Gasteiger partial charge in [0.25, 0.3) is 0 Å². The molecule has 0 amide bonds. The summed E-state index contributed by atoms with van der Waals surface area (Å²) in [5.74, 6) is 0.363. The number of aromatic hydroxyl groups is 1. The van der Waals surface area contributed by atoms with Gasteiger partial charge in [0.2, 0.25) is 0 Å². The lowest BCUT2D eigenvalue weighted by atomic mass is 10.1. The summed E-state index contributed by atoms with van der Waals surface area (Å²) in [6.07, 6.45) is 0. The molecule has 1 aromatic carbocycles. The summed E-state index contributed by atoms with van der Waals surface area (Å²) in [5, 5.41) is 9.40. The highest BCUT2D eigenvalue weighted by Gasteiger charge is 2.02. The number of benzene rings is 1. The van der Waals surface area contributed by atoms with E-state index in [1.165, 1.54) is 15.3 Å². The predicted octanol–water partition coefficient (Wildman–Crippen LogP) is 4.76. The Hall–Kier alpha value is -1.28. The third-order valence-corrected chi connectivity index (χ3v) is 3.27. The van der Waals surface area contributed by atoms with E-state index in [0.29, 0.717) is 5.75 Å². The molecule has 0 saturated carbocycles. The van der Waals surface area contributed by atoms with Crippen LogP contribution >= 0.6 is 11.3 Å². The smallest absolute Gasteiger partial charge is 0.118 e. The van der Waals surface area contributed by atoms with Gasteiger partial charge in [-0.15, -0.1) is 11.3 Å². The normalized spacial score (nSPS) is 9.50. The van der Waals surface area contributed by atoms with Crippen LogP contribution in [0, 0.1) is 13.8 Å². The van der Waals surface area contributed by atoms with Crippen LogP contribution in [0.5, 0.6) is 5.75 Å². The molecule has 0 radical (unpaired) electrons. The van der Waals surface area contributed by atoms with Crippen molar-refractivity contribution in [2.45, 2.75) is 27.7 Å². The van der Waals surface area contributed by atoms with Gasteiger partial charge in [0.15, 0.2) is 0 Å².